The molecule has 102 valence electrons. The Bertz CT molecular complexity index is 181. The molecule has 1 aliphatic carbocycles. The maximum Gasteiger partial charge on any atom is 0.0900 e. The van der Waals surface area contributed by atoms with E-state index >= 15 is 0 Å². The highest BCUT2D eigenvalue weighted by molar-refractivity contribution is 4.71. The normalized spacial score (nSPS) is 19.1. The molecule has 1 fully saturated rings. The second-order valence-electron chi connectivity index (χ2n) is 5.45. The first kappa shape index (κ1) is 14.9. The van der Waals surface area contributed by atoms with Gasteiger partial charge in [-0.05, 0) is 32.2 Å². The molecule has 3 nitrogen and oxygen atoms in total. The van der Waals surface area contributed by atoms with Gasteiger partial charge in [-0.25, -0.2) is 0 Å². The van der Waals surface area contributed by atoms with Crippen LogP contribution in [0.5, 0.6) is 0 Å². The molecule has 1 atom stereocenters. The number of nitrogens with zero attached hydrogens (tertiary/aromatic N) is 1. The average Bonchev–Trinajstić information content (AvgIpc) is 2.77. The largest absolute Gasteiger partial charge is 0.389 e. The molecule has 0 radical (unpaired) electrons. The Morgan fingerprint density at radius 2 is 2.06 bits per heavy atom. The molecule has 17 heavy (non-hydrogen) atoms. The molecule has 0 saturated heterocycles. The van der Waals surface area contributed by atoms with Gasteiger partial charge in [-0.2, -0.15) is 0 Å². The lowest BCUT2D eigenvalue weighted by atomic mass is 10.1. The molecule has 0 amide bonds. The van der Waals surface area contributed by atoms with E-state index in [1.165, 1.54) is 25.7 Å². The summed E-state index contributed by atoms with van der Waals surface area (Å²) < 4.78 is 5.43. The molecular weight excluding hydrogens is 214 g/mol. The molecule has 1 aliphatic rings. The molecule has 0 heterocycles. The summed E-state index contributed by atoms with van der Waals surface area (Å²) in [5, 5.41) is 9.83. The van der Waals surface area contributed by atoms with Crippen molar-refractivity contribution in [1.82, 2.24) is 4.90 Å². The number of ether oxygens (including phenoxy) is 1. The lowest BCUT2D eigenvalue weighted by Gasteiger charge is -2.23. The molecule has 1 unspecified atom stereocenters. The molecule has 0 bridgehead atoms. The number of hydrogen-bond acceptors (Lipinski definition) is 3. The Balaban J connectivity index is 2.01. The number of unbranched alkanes of at least 4 members (excludes halogenated alkanes) is 1. The van der Waals surface area contributed by atoms with Crippen molar-refractivity contribution in [2.45, 2.75) is 51.6 Å². The number of rotatable bonds is 9. The smallest absolute Gasteiger partial charge is 0.0900 e. The fourth-order valence-corrected chi connectivity index (χ4v) is 2.59. The SMILES string of the molecule is CCCCOCC(O)CN(C)CC1CCCC1. The van der Waals surface area contributed by atoms with Gasteiger partial charge in [0.1, 0.15) is 0 Å². The van der Waals surface area contributed by atoms with Crippen LogP contribution >= 0.6 is 0 Å². The van der Waals surface area contributed by atoms with Crippen LogP contribution in [0.3, 0.4) is 0 Å². The summed E-state index contributed by atoms with van der Waals surface area (Å²) in [5.41, 5.74) is 0. The second kappa shape index (κ2) is 8.90. The third kappa shape index (κ3) is 7.02. The fraction of sp³-hybridized carbons (Fsp3) is 1.00. The Morgan fingerprint density at radius 3 is 2.71 bits per heavy atom. The van der Waals surface area contributed by atoms with Gasteiger partial charge in [0.2, 0.25) is 0 Å². The second-order valence-corrected chi connectivity index (χ2v) is 5.45. The van der Waals surface area contributed by atoms with Gasteiger partial charge in [-0.15, -0.1) is 0 Å². The molecule has 1 rings (SSSR count). The van der Waals surface area contributed by atoms with E-state index in [4.69, 9.17) is 4.74 Å². The van der Waals surface area contributed by atoms with Crippen molar-refractivity contribution in [2.75, 3.05) is 33.4 Å². The van der Waals surface area contributed by atoms with Crippen LogP contribution in [0.15, 0.2) is 0 Å². The van der Waals surface area contributed by atoms with E-state index in [1.807, 2.05) is 0 Å². The standard InChI is InChI=1S/C14H29NO2/c1-3-4-9-17-12-14(16)11-15(2)10-13-7-5-6-8-13/h13-14,16H,3-12H2,1-2H3. The van der Waals surface area contributed by atoms with Crippen LogP contribution in [-0.4, -0.2) is 49.5 Å². The zero-order valence-electron chi connectivity index (χ0n) is 11.5. The highest BCUT2D eigenvalue weighted by atomic mass is 16.5. The van der Waals surface area contributed by atoms with Crippen molar-refractivity contribution in [3.05, 3.63) is 0 Å². The third-order valence-corrected chi connectivity index (χ3v) is 3.52. The predicted octanol–water partition coefficient (Wildman–Crippen LogP) is 2.29. The minimum Gasteiger partial charge on any atom is -0.389 e. The van der Waals surface area contributed by atoms with E-state index in [0.29, 0.717) is 6.61 Å². The monoisotopic (exact) mass is 243 g/mol. The molecular formula is C14H29NO2. The molecule has 0 aromatic rings. The summed E-state index contributed by atoms with van der Waals surface area (Å²) in [6.07, 6.45) is 7.42. The fourth-order valence-electron chi connectivity index (χ4n) is 2.59. The van der Waals surface area contributed by atoms with Crippen molar-refractivity contribution < 1.29 is 9.84 Å². The molecule has 3 heteroatoms. The van der Waals surface area contributed by atoms with Crippen LogP contribution in [0.2, 0.25) is 0 Å². The maximum absolute atomic E-state index is 9.83. The van der Waals surface area contributed by atoms with E-state index in [0.717, 1.165) is 38.5 Å². The highest BCUT2D eigenvalue weighted by Gasteiger charge is 2.18. The Hall–Kier alpha value is -0.120. The van der Waals surface area contributed by atoms with E-state index in [-0.39, 0.29) is 6.10 Å². The van der Waals surface area contributed by atoms with Gasteiger partial charge in [0, 0.05) is 19.7 Å². The minimum absolute atomic E-state index is 0.335. The van der Waals surface area contributed by atoms with E-state index in [1.54, 1.807) is 0 Å². The average molecular weight is 243 g/mol. The molecule has 0 aromatic carbocycles. The van der Waals surface area contributed by atoms with Crippen molar-refractivity contribution in [2.24, 2.45) is 5.92 Å². The van der Waals surface area contributed by atoms with Gasteiger partial charge in [-0.1, -0.05) is 26.2 Å². The predicted molar refractivity (Wildman–Crippen MR) is 71.2 cm³/mol. The topological polar surface area (TPSA) is 32.7 Å². The van der Waals surface area contributed by atoms with Gasteiger partial charge in [0.05, 0.1) is 12.7 Å². The number of likely N-dealkylation sites (N-methyl/N-ethyl adjacent to an activating group) is 1. The maximum atomic E-state index is 9.83. The first-order valence-electron chi connectivity index (χ1n) is 7.16. The molecule has 1 N–H and O–H groups in total. The van der Waals surface area contributed by atoms with Crippen LogP contribution in [0.4, 0.5) is 0 Å². The third-order valence-electron chi connectivity index (χ3n) is 3.52. The van der Waals surface area contributed by atoms with Crippen molar-refractivity contribution >= 4 is 0 Å². The Morgan fingerprint density at radius 1 is 1.35 bits per heavy atom. The van der Waals surface area contributed by atoms with Gasteiger partial charge >= 0.3 is 0 Å². The summed E-state index contributed by atoms with van der Waals surface area (Å²) in [4.78, 5) is 2.25. The van der Waals surface area contributed by atoms with Gasteiger partial charge in [0.25, 0.3) is 0 Å². The van der Waals surface area contributed by atoms with Gasteiger partial charge in [-0.3, -0.25) is 0 Å². The lowest BCUT2D eigenvalue weighted by Crippen LogP contribution is -2.34. The highest BCUT2D eigenvalue weighted by Crippen LogP contribution is 2.25. The van der Waals surface area contributed by atoms with Crippen LogP contribution in [0, 0.1) is 5.92 Å². The van der Waals surface area contributed by atoms with E-state index < -0.39 is 0 Å². The zero-order chi connectivity index (χ0) is 12.5. The minimum atomic E-state index is -0.335. The van der Waals surface area contributed by atoms with E-state index in [2.05, 4.69) is 18.9 Å². The van der Waals surface area contributed by atoms with Crippen LogP contribution < -0.4 is 0 Å². The van der Waals surface area contributed by atoms with Gasteiger partial charge < -0.3 is 14.7 Å². The van der Waals surface area contributed by atoms with Gasteiger partial charge in [0.15, 0.2) is 0 Å². The van der Waals surface area contributed by atoms with Crippen LogP contribution in [0.25, 0.3) is 0 Å². The number of hydrogen-bond donors (Lipinski definition) is 1. The van der Waals surface area contributed by atoms with Crippen molar-refractivity contribution in [3.8, 4) is 0 Å². The molecule has 0 aliphatic heterocycles. The molecule has 0 aromatic heterocycles. The summed E-state index contributed by atoms with van der Waals surface area (Å²) in [5.74, 6) is 0.855. The summed E-state index contributed by atoms with van der Waals surface area (Å²) >= 11 is 0. The summed E-state index contributed by atoms with van der Waals surface area (Å²) in [6, 6.07) is 0. The first-order chi connectivity index (χ1) is 8.22. The lowest BCUT2D eigenvalue weighted by molar-refractivity contribution is 0.0180. The molecule has 0 spiro atoms. The Labute approximate surface area is 106 Å². The van der Waals surface area contributed by atoms with Crippen molar-refractivity contribution in [3.63, 3.8) is 0 Å². The van der Waals surface area contributed by atoms with Crippen LogP contribution in [-0.2, 0) is 4.74 Å². The molecule has 1 saturated carbocycles. The summed E-state index contributed by atoms with van der Waals surface area (Å²) in [7, 11) is 2.10. The Kier molecular flexibility index (Phi) is 7.82. The number of aliphatic hydroxyl groups excluding tert-OH is 1. The zero-order valence-corrected chi connectivity index (χ0v) is 11.5. The number of aliphatic hydroxyl groups is 1. The van der Waals surface area contributed by atoms with Crippen LogP contribution in [0.1, 0.15) is 45.4 Å². The first-order valence-corrected chi connectivity index (χ1v) is 7.16. The van der Waals surface area contributed by atoms with Crippen molar-refractivity contribution in [1.29, 1.82) is 0 Å². The quantitative estimate of drug-likeness (QED) is 0.631. The van der Waals surface area contributed by atoms with E-state index in [9.17, 15) is 5.11 Å². The summed E-state index contributed by atoms with van der Waals surface area (Å²) in [6.45, 7) is 5.28.